The number of rotatable bonds is 10. The number of nitrogens with zero attached hydrogens (tertiary/aromatic N) is 3. The maximum absolute atomic E-state index is 10.6. The van der Waals surface area contributed by atoms with Gasteiger partial charge in [0.05, 0.1) is 0 Å². The zero-order chi connectivity index (χ0) is 20.7. The van der Waals surface area contributed by atoms with Crippen molar-refractivity contribution in [3.8, 4) is 0 Å². The molecular weight excluding hydrogens is 356 g/mol. The first-order valence-corrected chi connectivity index (χ1v) is 8.27. The van der Waals surface area contributed by atoms with Crippen LogP contribution in [-0.4, -0.2) is 50.3 Å². The molecule has 1 heterocycles. The number of carbonyl (C=O) groups is 3. The standard InChI is InChI=1S/C12H22N6O.C4H4O4/c1-2-7-15-12(14)16-11-6-9-18(17-11)8-4-3-5-10(13)19;5-3(6)1-2-4(7)8/h6,9H,2-5,7-8H2,1H3,(H2,13,19)(H3,14,15,16,17);1-2H,(H,5,6)(H,7,8). The van der Waals surface area contributed by atoms with E-state index in [-0.39, 0.29) is 5.91 Å². The second-order valence-corrected chi connectivity index (χ2v) is 5.29. The molecule has 0 aliphatic carbocycles. The van der Waals surface area contributed by atoms with E-state index in [9.17, 15) is 14.4 Å². The molecule has 0 saturated carbocycles. The number of guanidine groups is 1. The Bertz CT molecular complexity index is 652. The summed E-state index contributed by atoms with van der Waals surface area (Å²) in [6.07, 6.45) is 5.99. The number of unbranched alkanes of at least 4 members (excludes halogenated alkanes) is 1. The number of carboxylic acids is 2. The molecule has 150 valence electrons. The molecule has 27 heavy (non-hydrogen) atoms. The Kier molecular flexibility index (Phi) is 12.1. The van der Waals surface area contributed by atoms with Crippen LogP contribution in [0.25, 0.3) is 0 Å². The summed E-state index contributed by atoms with van der Waals surface area (Å²) in [5, 5.41) is 22.9. The number of anilines is 1. The molecule has 0 fully saturated rings. The van der Waals surface area contributed by atoms with Gasteiger partial charge in [0, 0.05) is 43.9 Å². The first kappa shape index (κ1) is 23.6. The number of nitrogens with one attached hydrogen (secondary N) is 1. The van der Waals surface area contributed by atoms with Gasteiger partial charge < -0.3 is 27.0 Å². The SMILES string of the molecule is CCCN=C(N)Nc1ccn(CCCCC(N)=O)n1.O=C(O)C=CC(=O)O. The normalized spacial score (nSPS) is 10.9. The minimum atomic E-state index is -1.26. The van der Waals surface area contributed by atoms with Gasteiger partial charge in [-0.25, -0.2) is 9.59 Å². The average Bonchev–Trinajstić information content (AvgIpc) is 3.02. The van der Waals surface area contributed by atoms with Crippen LogP contribution in [0.5, 0.6) is 0 Å². The van der Waals surface area contributed by atoms with Crippen molar-refractivity contribution in [1.29, 1.82) is 0 Å². The number of aliphatic imine (C=N–C) groups is 1. The minimum absolute atomic E-state index is 0.261. The summed E-state index contributed by atoms with van der Waals surface area (Å²) in [4.78, 5) is 33.8. The van der Waals surface area contributed by atoms with Gasteiger partial charge in [0.15, 0.2) is 11.8 Å². The van der Waals surface area contributed by atoms with Crippen LogP contribution in [-0.2, 0) is 20.9 Å². The first-order chi connectivity index (χ1) is 12.7. The molecule has 0 aromatic carbocycles. The first-order valence-electron chi connectivity index (χ1n) is 8.27. The lowest BCUT2D eigenvalue weighted by molar-refractivity contribution is -0.134. The minimum Gasteiger partial charge on any atom is -0.478 e. The summed E-state index contributed by atoms with van der Waals surface area (Å²) >= 11 is 0. The Morgan fingerprint density at radius 3 is 2.37 bits per heavy atom. The van der Waals surface area contributed by atoms with Crippen LogP contribution in [0.4, 0.5) is 5.82 Å². The van der Waals surface area contributed by atoms with Crippen LogP contribution in [0.2, 0.25) is 0 Å². The van der Waals surface area contributed by atoms with E-state index in [4.69, 9.17) is 21.7 Å². The lowest BCUT2D eigenvalue weighted by Gasteiger charge is -2.02. The highest BCUT2D eigenvalue weighted by atomic mass is 16.4. The van der Waals surface area contributed by atoms with E-state index in [1.54, 1.807) is 4.68 Å². The molecular formula is C16H26N6O5. The number of nitrogens with two attached hydrogens (primary N) is 2. The largest absolute Gasteiger partial charge is 0.478 e. The predicted octanol–water partition coefficient (Wildman–Crippen LogP) is 0.387. The van der Waals surface area contributed by atoms with Crippen molar-refractivity contribution >= 4 is 29.6 Å². The van der Waals surface area contributed by atoms with E-state index < -0.39 is 11.9 Å². The summed E-state index contributed by atoms with van der Waals surface area (Å²) in [6, 6.07) is 1.84. The van der Waals surface area contributed by atoms with Gasteiger partial charge in [-0.1, -0.05) is 6.92 Å². The molecule has 1 aromatic heterocycles. The smallest absolute Gasteiger partial charge is 0.328 e. The Morgan fingerprint density at radius 1 is 1.22 bits per heavy atom. The van der Waals surface area contributed by atoms with Crippen molar-refractivity contribution in [1.82, 2.24) is 9.78 Å². The fourth-order valence-corrected chi connectivity index (χ4v) is 1.67. The Labute approximate surface area is 156 Å². The van der Waals surface area contributed by atoms with E-state index >= 15 is 0 Å². The number of primary amides is 1. The van der Waals surface area contributed by atoms with Crippen LogP contribution in [0.3, 0.4) is 0 Å². The van der Waals surface area contributed by atoms with Crippen LogP contribution < -0.4 is 16.8 Å². The second-order valence-electron chi connectivity index (χ2n) is 5.29. The molecule has 1 rings (SSSR count). The molecule has 0 spiro atoms. The van der Waals surface area contributed by atoms with Crippen molar-refractivity contribution in [3.05, 3.63) is 24.4 Å². The number of aliphatic carboxylic acids is 2. The number of carboxylic acid groups (broad SMARTS) is 2. The molecule has 0 radical (unpaired) electrons. The lowest BCUT2D eigenvalue weighted by atomic mass is 10.2. The van der Waals surface area contributed by atoms with Crippen molar-refractivity contribution in [3.63, 3.8) is 0 Å². The summed E-state index contributed by atoms with van der Waals surface area (Å²) in [5.74, 6) is -1.73. The fraction of sp³-hybridized carbons (Fsp3) is 0.438. The maximum atomic E-state index is 10.6. The number of aryl methyl sites for hydroxylation is 1. The molecule has 0 atom stereocenters. The van der Waals surface area contributed by atoms with Crippen LogP contribution in [0.15, 0.2) is 29.4 Å². The summed E-state index contributed by atoms with van der Waals surface area (Å²) < 4.78 is 1.80. The Morgan fingerprint density at radius 2 is 1.85 bits per heavy atom. The molecule has 0 saturated heterocycles. The predicted molar refractivity (Wildman–Crippen MR) is 100 cm³/mol. The molecule has 0 aliphatic heterocycles. The van der Waals surface area contributed by atoms with Crippen LogP contribution in [0.1, 0.15) is 32.6 Å². The molecule has 11 nitrogen and oxygen atoms in total. The van der Waals surface area contributed by atoms with Gasteiger partial charge in [0.1, 0.15) is 0 Å². The van der Waals surface area contributed by atoms with Gasteiger partial charge in [-0.3, -0.25) is 14.5 Å². The van der Waals surface area contributed by atoms with Gasteiger partial charge in [0.2, 0.25) is 5.91 Å². The third-order valence-electron chi connectivity index (χ3n) is 2.83. The summed E-state index contributed by atoms with van der Waals surface area (Å²) in [6.45, 7) is 3.49. The maximum Gasteiger partial charge on any atom is 0.328 e. The third-order valence-corrected chi connectivity index (χ3v) is 2.83. The van der Waals surface area contributed by atoms with Crippen molar-refractivity contribution in [2.24, 2.45) is 16.5 Å². The number of carbonyl (C=O) groups excluding carboxylic acids is 1. The molecule has 11 heteroatoms. The van der Waals surface area contributed by atoms with Gasteiger partial charge in [-0.2, -0.15) is 5.10 Å². The van der Waals surface area contributed by atoms with Crippen LogP contribution >= 0.6 is 0 Å². The second kappa shape index (κ2) is 13.9. The van der Waals surface area contributed by atoms with Gasteiger partial charge >= 0.3 is 11.9 Å². The molecule has 1 amide bonds. The highest BCUT2D eigenvalue weighted by Gasteiger charge is 2.01. The fourth-order valence-electron chi connectivity index (χ4n) is 1.67. The molecule has 7 N–H and O–H groups in total. The van der Waals surface area contributed by atoms with E-state index in [2.05, 4.69) is 15.4 Å². The number of hydrogen-bond donors (Lipinski definition) is 5. The molecule has 0 unspecified atom stereocenters. The van der Waals surface area contributed by atoms with Crippen molar-refractivity contribution in [2.45, 2.75) is 39.2 Å². The molecule has 0 aliphatic rings. The topological polar surface area (TPSA) is 186 Å². The lowest BCUT2D eigenvalue weighted by Crippen LogP contribution is -2.23. The number of aromatic nitrogens is 2. The monoisotopic (exact) mass is 382 g/mol. The average molecular weight is 382 g/mol. The third kappa shape index (κ3) is 14.7. The zero-order valence-corrected chi connectivity index (χ0v) is 15.2. The van der Waals surface area contributed by atoms with Gasteiger partial charge in [-0.15, -0.1) is 0 Å². The molecule has 1 aromatic rings. The highest BCUT2D eigenvalue weighted by Crippen LogP contribution is 2.04. The zero-order valence-electron chi connectivity index (χ0n) is 15.2. The molecule has 0 bridgehead atoms. The quantitative estimate of drug-likeness (QED) is 0.166. The number of amides is 1. The Hall–Kier alpha value is -3.37. The van der Waals surface area contributed by atoms with Crippen molar-refractivity contribution in [2.75, 3.05) is 11.9 Å². The summed E-state index contributed by atoms with van der Waals surface area (Å²) in [5.41, 5.74) is 10.8. The van der Waals surface area contributed by atoms with E-state index in [1.807, 2.05) is 19.2 Å². The summed E-state index contributed by atoms with van der Waals surface area (Å²) in [7, 11) is 0. The van der Waals surface area contributed by atoms with Gasteiger partial charge in [-0.05, 0) is 19.3 Å². The van der Waals surface area contributed by atoms with Crippen LogP contribution in [0, 0.1) is 0 Å². The van der Waals surface area contributed by atoms with E-state index in [1.165, 1.54) is 0 Å². The number of hydrogen-bond acceptors (Lipinski definition) is 5. The van der Waals surface area contributed by atoms with Crippen molar-refractivity contribution < 1.29 is 24.6 Å². The van der Waals surface area contributed by atoms with E-state index in [0.717, 1.165) is 25.8 Å². The highest BCUT2D eigenvalue weighted by molar-refractivity contribution is 5.91. The Balaban J connectivity index is 0.000000713. The van der Waals surface area contributed by atoms with Gasteiger partial charge in [0.25, 0.3) is 0 Å². The van der Waals surface area contributed by atoms with E-state index in [0.29, 0.717) is 36.9 Å².